The average molecular weight is 630 g/mol. The van der Waals surface area contributed by atoms with Crippen LogP contribution >= 0.6 is 0 Å². The van der Waals surface area contributed by atoms with E-state index >= 15 is 0 Å². The minimum absolute atomic E-state index is 0.00633. The summed E-state index contributed by atoms with van der Waals surface area (Å²) in [6.07, 6.45) is 12.6. The number of carboxylic acids is 1. The second-order valence-electron chi connectivity index (χ2n) is 13.7. The first kappa shape index (κ1) is 32.4. The minimum Gasteiger partial charge on any atom is -0.481 e. The van der Waals surface area contributed by atoms with Gasteiger partial charge < -0.3 is 20.1 Å². The molecule has 6 rings (SSSR count). The van der Waals surface area contributed by atoms with Crippen LogP contribution in [0.2, 0.25) is 0 Å². The Morgan fingerprint density at radius 3 is 2.57 bits per heavy atom. The molecule has 46 heavy (non-hydrogen) atoms. The maximum atomic E-state index is 11.6. The maximum absolute atomic E-state index is 11.6. The van der Waals surface area contributed by atoms with E-state index in [9.17, 15) is 9.90 Å². The highest BCUT2D eigenvalue weighted by Gasteiger charge is 2.34. The van der Waals surface area contributed by atoms with Gasteiger partial charge in [-0.3, -0.25) is 14.4 Å². The topological polar surface area (TPSA) is 109 Å². The summed E-state index contributed by atoms with van der Waals surface area (Å²) in [5, 5.41) is 18.0. The Morgan fingerprint density at radius 2 is 1.91 bits per heavy atom. The highest BCUT2D eigenvalue weighted by Crippen LogP contribution is 2.39. The van der Waals surface area contributed by atoms with E-state index in [0.29, 0.717) is 11.8 Å². The van der Waals surface area contributed by atoms with Gasteiger partial charge >= 0.3 is 5.97 Å². The lowest BCUT2D eigenvalue weighted by atomic mass is 9.77. The lowest BCUT2D eigenvalue weighted by Gasteiger charge is -2.38. The standard InChI is InChI=1S/C36H51N7O3/c1-5-33(25-11-13-26(14-12-25)35(44)45)42(3)36-39-31-16-15-27(24-9-7-6-8-10-24)19-30(31)34(40-36)38-32(28-20-37-41(2)21-28)23-43-18-17-29(22-43)46-4/h6-10,20-21,25-27,29,32-33H,5,11-19,22-23H2,1-4H3,(H,44,45)(H,38,39,40)/t25?,26?,27-,29-,32+,33-/m1/s1. The number of fused-ring (bicyclic) bond motifs is 1. The van der Waals surface area contributed by atoms with Gasteiger partial charge in [0.05, 0.1) is 30.0 Å². The molecule has 0 spiro atoms. The van der Waals surface area contributed by atoms with E-state index in [2.05, 4.69) is 70.7 Å². The van der Waals surface area contributed by atoms with Crippen molar-refractivity contribution in [1.82, 2.24) is 24.6 Å². The summed E-state index contributed by atoms with van der Waals surface area (Å²) in [5.74, 6) is 1.66. The van der Waals surface area contributed by atoms with Crippen LogP contribution in [0.3, 0.4) is 0 Å². The zero-order valence-electron chi connectivity index (χ0n) is 27.9. The fourth-order valence-electron chi connectivity index (χ4n) is 8.14. The van der Waals surface area contributed by atoms with E-state index in [1.807, 2.05) is 17.9 Å². The van der Waals surface area contributed by atoms with Crippen molar-refractivity contribution in [1.29, 1.82) is 0 Å². The summed E-state index contributed by atoms with van der Waals surface area (Å²) < 4.78 is 7.56. The molecule has 3 aromatic rings. The molecule has 3 aliphatic rings. The molecule has 248 valence electrons. The molecule has 2 aromatic heterocycles. The molecular weight excluding hydrogens is 578 g/mol. The summed E-state index contributed by atoms with van der Waals surface area (Å²) >= 11 is 0. The molecule has 10 nitrogen and oxygen atoms in total. The summed E-state index contributed by atoms with van der Waals surface area (Å²) in [4.78, 5) is 27.0. The normalized spacial score (nSPS) is 24.7. The number of carbonyl (C=O) groups is 1. The van der Waals surface area contributed by atoms with Gasteiger partial charge in [-0.25, -0.2) is 4.98 Å². The second-order valence-corrected chi connectivity index (χ2v) is 13.7. The Hall–Kier alpha value is -3.50. The number of hydrogen-bond donors (Lipinski definition) is 2. The van der Waals surface area contributed by atoms with E-state index < -0.39 is 5.97 Å². The largest absolute Gasteiger partial charge is 0.481 e. The predicted octanol–water partition coefficient (Wildman–Crippen LogP) is 5.46. The minimum atomic E-state index is -0.655. The number of rotatable bonds is 12. The van der Waals surface area contributed by atoms with Gasteiger partial charge in [0.15, 0.2) is 0 Å². The van der Waals surface area contributed by atoms with Crippen molar-refractivity contribution in [2.24, 2.45) is 18.9 Å². The van der Waals surface area contributed by atoms with E-state index in [1.54, 1.807) is 7.11 Å². The zero-order valence-corrected chi connectivity index (χ0v) is 27.9. The summed E-state index contributed by atoms with van der Waals surface area (Å²) in [6.45, 7) is 4.99. The van der Waals surface area contributed by atoms with Crippen LogP contribution in [0.4, 0.5) is 11.8 Å². The van der Waals surface area contributed by atoms with Crippen LogP contribution in [-0.4, -0.2) is 81.7 Å². The average Bonchev–Trinajstić information content (AvgIpc) is 3.73. The number of likely N-dealkylation sites (tertiary alicyclic amines) is 1. The van der Waals surface area contributed by atoms with Gasteiger partial charge in [-0.1, -0.05) is 37.3 Å². The first-order valence-electron chi connectivity index (χ1n) is 17.2. The smallest absolute Gasteiger partial charge is 0.306 e. The van der Waals surface area contributed by atoms with Crippen molar-refractivity contribution in [3.05, 3.63) is 65.1 Å². The molecule has 1 saturated heterocycles. The second kappa shape index (κ2) is 14.5. The van der Waals surface area contributed by atoms with Crippen LogP contribution in [0.5, 0.6) is 0 Å². The Labute approximate surface area is 273 Å². The third-order valence-corrected chi connectivity index (χ3v) is 10.9. The Bertz CT molecular complexity index is 1460. The molecule has 3 heterocycles. The number of methoxy groups -OCH3 is 1. The molecular formula is C36H51N7O3. The number of hydrogen-bond acceptors (Lipinski definition) is 8. The fraction of sp³-hybridized carbons (Fsp3) is 0.611. The number of benzene rings is 1. The lowest BCUT2D eigenvalue weighted by molar-refractivity contribution is -0.143. The number of aryl methyl sites for hydroxylation is 2. The van der Waals surface area contributed by atoms with Crippen LogP contribution in [0.1, 0.15) is 86.2 Å². The van der Waals surface area contributed by atoms with E-state index in [0.717, 1.165) is 100 Å². The van der Waals surface area contributed by atoms with Crippen molar-refractivity contribution in [2.75, 3.05) is 44.0 Å². The molecule has 2 N–H and O–H groups in total. The molecule has 0 unspecified atom stereocenters. The van der Waals surface area contributed by atoms with Crippen LogP contribution in [-0.2, 0) is 29.4 Å². The zero-order chi connectivity index (χ0) is 32.2. The third-order valence-electron chi connectivity index (χ3n) is 10.9. The predicted molar refractivity (Wildman–Crippen MR) is 180 cm³/mol. The fourth-order valence-corrected chi connectivity index (χ4v) is 8.14. The van der Waals surface area contributed by atoms with Crippen molar-refractivity contribution in [3.8, 4) is 0 Å². The molecule has 1 aromatic carbocycles. The van der Waals surface area contributed by atoms with Crippen LogP contribution in [0.15, 0.2) is 42.7 Å². The number of carboxylic acid groups (broad SMARTS) is 1. The Kier molecular flexibility index (Phi) is 10.2. The van der Waals surface area contributed by atoms with E-state index in [-0.39, 0.29) is 24.1 Å². The van der Waals surface area contributed by atoms with Gasteiger partial charge in [0.25, 0.3) is 0 Å². The van der Waals surface area contributed by atoms with Crippen LogP contribution < -0.4 is 10.2 Å². The number of nitrogens with zero attached hydrogens (tertiary/aromatic N) is 6. The van der Waals surface area contributed by atoms with Crippen molar-refractivity contribution in [3.63, 3.8) is 0 Å². The first-order chi connectivity index (χ1) is 22.3. The molecule has 1 saturated carbocycles. The van der Waals surface area contributed by atoms with Gasteiger partial charge in [-0.15, -0.1) is 0 Å². The van der Waals surface area contributed by atoms with Gasteiger partial charge in [0.2, 0.25) is 5.95 Å². The Morgan fingerprint density at radius 1 is 1.13 bits per heavy atom. The summed E-state index contributed by atoms with van der Waals surface area (Å²) in [5.41, 5.74) is 4.87. The number of aliphatic carboxylic acids is 1. The molecule has 10 heteroatoms. The lowest BCUT2D eigenvalue weighted by Crippen LogP contribution is -2.41. The monoisotopic (exact) mass is 629 g/mol. The van der Waals surface area contributed by atoms with Gasteiger partial charge in [0.1, 0.15) is 5.82 Å². The molecule has 0 bridgehead atoms. The van der Waals surface area contributed by atoms with Crippen molar-refractivity contribution < 1.29 is 14.6 Å². The molecule has 2 fully saturated rings. The van der Waals surface area contributed by atoms with Gasteiger partial charge in [-0.05, 0) is 75.2 Å². The van der Waals surface area contributed by atoms with Crippen LogP contribution in [0, 0.1) is 11.8 Å². The highest BCUT2D eigenvalue weighted by molar-refractivity contribution is 5.70. The Balaban J connectivity index is 1.32. The molecule has 0 amide bonds. The number of ether oxygens (including phenoxy) is 1. The highest BCUT2D eigenvalue weighted by atomic mass is 16.5. The molecule has 2 aliphatic carbocycles. The molecule has 4 atom stereocenters. The quantitative estimate of drug-likeness (QED) is 0.270. The van der Waals surface area contributed by atoms with Gasteiger partial charge in [0, 0.05) is 64.2 Å². The van der Waals surface area contributed by atoms with Crippen molar-refractivity contribution in [2.45, 2.75) is 88.8 Å². The van der Waals surface area contributed by atoms with Crippen molar-refractivity contribution >= 4 is 17.7 Å². The first-order valence-corrected chi connectivity index (χ1v) is 17.2. The molecule has 0 radical (unpaired) electrons. The SMILES string of the molecule is CC[C@H](C1CCC(C(=O)O)CC1)N(C)c1nc2c(c(N[C@@H](CN3CC[C@@H](OC)C3)c3cnn(C)c3)n1)C[C@H](c1ccccc1)CC2. The summed E-state index contributed by atoms with van der Waals surface area (Å²) in [7, 11) is 5.91. The number of nitrogens with one attached hydrogen (secondary N) is 1. The number of aromatic nitrogens is 4. The number of anilines is 2. The van der Waals surface area contributed by atoms with Gasteiger partial charge in [-0.2, -0.15) is 10.1 Å². The van der Waals surface area contributed by atoms with Crippen LogP contribution in [0.25, 0.3) is 0 Å². The summed E-state index contributed by atoms with van der Waals surface area (Å²) in [6, 6.07) is 11.1. The third kappa shape index (κ3) is 7.23. The molecule has 1 aliphatic heterocycles. The van der Waals surface area contributed by atoms with E-state index in [4.69, 9.17) is 14.7 Å². The van der Waals surface area contributed by atoms with E-state index in [1.165, 1.54) is 11.1 Å². The maximum Gasteiger partial charge on any atom is 0.306 e.